The van der Waals surface area contributed by atoms with Crippen LogP contribution in [0.3, 0.4) is 0 Å². The Kier molecular flexibility index (Phi) is 4.91. The molecule has 2 aromatic heterocycles. The van der Waals surface area contributed by atoms with Gasteiger partial charge in [-0.1, -0.05) is 0 Å². The Labute approximate surface area is 157 Å². The molecule has 4 rings (SSSR count). The van der Waals surface area contributed by atoms with E-state index >= 15 is 0 Å². The van der Waals surface area contributed by atoms with Gasteiger partial charge in [0.15, 0.2) is 0 Å². The summed E-state index contributed by atoms with van der Waals surface area (Å²) >= 11 is 0. The van der Waals surface area contributed by atoms with Crippen LogP contribution in [0.15, 0.2) is 23.3 Å². The quantitative estimate of drug-likeness (QED) is 0.763. The molecule has 1 unspecified atom stereocenters. The first-order valence-corrected chi connectivity index (χ1v) is 9.64. The Morgan fingerprint density at radius 1 is 1.11 bits per heavy atom. The van der Waals surface area contributed by atoms with Gasteiger partial charge in [0.1, 0.15) is 5.82 Å². The molecule has 9 heteroatoms. The Morgan fingerprint density at radius 2 is 1.85 bits per heavy atom. The lowest BCUT2D eigenvalue weighted by atomic mass is 9.98. The van der Waals surface area contributed by atoms with Crippen LogP contribution in [0.5, 0.6) is 0 Å². The molecular formula is C18H25N7O2. The SMILES string of the molecule is CCn1nc2n(c1=O)CCC(C(=O)N1CCN(c3ncccn3)CC1)CC2. The van der Waals surface area contributed by atoms with Gasteiger partial charge in [0.2, 0.25) is 11.9 Å². The van der Waals surface area contributed by atoms with Crippen LogP contribution in [-0.4, -0.2) is 61.3 Å². The van der Waals surface area contributed by atoms with Crippen molar-refractivity contribution in [2.75, 3.05) is 31.1 Å². The van der Waals surface area contributed by atoms with E-state index in [2.05, 4.69) is 20.0 Å². The molecule has 1 atom stereocenters. The van der Waals surface area contributed by atoms with Crippen molar-refractivity contribution in [2.45, 2.75) is 39.3 Å². The molecule has 1 fully saturated rings. The highest BCUT2D eigenvalue weighted by Crippen LogP contribution is 2.21. The summed E-state index contributed by atoms with van der Waals surface area (Å²) in [6, 6.07) is 1.80. The van der Waals surface area contributed by atoms with Gasteiger partial charge in [-0.05, 0) is 25.8 Å². The predicted molar refractivity (Wildman–Crippen MR) is 99.4 cm³/mol. The highest BCUT2D eigenvalue weighted by Gasteiger charge is 2.30. The summed E-state index contributed by atoms with van der Waals surface area (Å²) in [4.78, 5) is 37.9. The van der Waals surface area contributed by atoms with Gasteiger partial charge < -0.3 is 9.80 Å². The average Bonchev–Trinajstić information content (AvgIpc) is 2.89. The molecule has 0 bridgehead atoms. The number of fused-ring (bicyclic) bond motifs is 1. The summed E-state index contributed by atoms with van der Waals surface area (Å²) < 4.78 is 3.24. The standard InChI is InChI=1S/C18H25N7O2/c1-2-25-18(27)24-9-6-14(4-5-15(24)21-25)16(26)22-10-12-23(13-11-22)17-19-7-3-8-20-17/h3,7-8,14H,2,4-6,9-13H2,1H3. The summed E-state index contributed by atoms with van der Waals surface area (Å²) in [7, 11) is 0. The lowest BCUT2D eigenvalue weighted by molar-refractivity contribution is -0.136. The maximum atomic E-state index is 13.0. The molecule has 0 spiro atoms. The second-order valence-electron chi connectivity index (χ2n) is 7.05. The number of amides is 1. The van der Waals surface area contributed by atoms with Crippen LogP contribution >= 0.6 is 0 Å². The first-order valence-electron chi connectivity index (χ1n) is 9.64. The maximum absolute atomic E-state index is 13.0. The van der Waals surface area contributed by atoms with Crippen LogP contribution in [0.25, 0.3) is 0 Å². The third kappa shape index (κ3) is 3.45. The Balaban J connectivity index is 1.36. The number of aromatic nitrogens is 5. The van der Waals surface area contributed by atoms with Crippen LogP contribution < -0.4 is 10.6 Å². The van der Waals surface area contributed by atoms with Gasteiger partial charge in [0.05, 0.1) is 0 Å². The smallest absolute Gasteiger partial charge is 0.339 e. The summed E-state index contributed by atoms with van der Waals surface area (Å²) in [5.74, 6) is 1.69. The predicted octanol–water partition coefficient (Wildman–Crippen LogP) is 0.156. The zero-order valence-electron chi connectivity index (χ0n) is 15.6. The second kappa shape index (κ2) is 7.50. The molecule has 0 N–H and O–H groups in total. The number of anilines is 1. The molecule has 4 heterocycles. The topological polar surface area (TPSA) is 89.2 Å². The van der Waals surface area contributed by atoms with Crippen molar-refractivity contribution in [3.63, 3.8) is 0 Å². The third-order valence-corrected chi connectivity index (χ3v) is 5.49. The first-order chi connectivity index (χ1) is 13.2. The van der Waals surface area contributed by atoms with Crippen molar-refractivity contribution < 1.29 is 4.79 Å². The monoisotopic (exact) mass is 371 g/mol. The van der Waals surface area contributed by atoms with Gasteiger partial charge in [0.25, 0.3) is 0 Å². The second-order valence-corrected chi connectivity index (χ2v) is 7.05. The van der Waals surface area contributed by atoms with E-state index in [1.807, 2.05) is 11.8 Å². The van der Waals surface area contributed by atoms with Crippen molar-refractivity contribution in [3.05, 3.63) is 34.8 Å². The van der Waals surface area contributed by atoms with E-state index in [1.165, 1.54) is 4.68 Å². The first kappa shape index (κ1) is 17.7. The highest BCUT2D eigenvalue weighted by atomic mass is 16.2. The van der Waals surface area contributed by atoms with E-state index in [0.29, 0.717) is 39.0 Å². The number of nitrogens with zero attached hydrogens (tertiary/aromatic N) is 7. The van der Waals surface area contributed by atoms with E-state index in [9.17, 15) is 9.59 Å². The summed E-state index contributed by atoms with van der Waals surface area (Å²) in [5, 5.41) is 4.40. The van der Waals surface area contributed by atoms with Crippen molar-refractivity contribution >= 4 is 11.9 Å². The number of hydrogen-bond acceptors (Lipinski definition) is 6. The normalized spacial score (nSPS) is 20.3. The van der Waals surface area contributed by atoms with Crippen LogP contribution in [-0.2, 0) is 24.3 Å². The summed E-state index contributed by atoms with van der Waals surface area (Å²) in [5.41, 5.74) is -0.0583. The molecule has 9 nitrogen and oxygen atoms in total. The zero-order valence-corrected chi connectivity index (χ0v) is 15.6. The fourth-order valence-corrected chi connectivity index (χ4v) is 3.92. The number of carbonyl (C=O) groups is 1. The number of carbonyl (C=O) groups excluding carboxylic acids is 1. The summed E-state index contributed by atoms with van der Waals surface area (Å²) in [6.07, 6.45) is 5.60. The molecule has 1 amide bonds. The van der Waals surface area contributed by atoms with Gasteiger partial charge in [0, 0.05) is 64.0 Å². The van der Waals surface area contributed by atoms with Gasteiger partial charge in [-0.15, -0.1) is 0 Å². The molecule has 144 valence electrons. The Morgan fingerprint density at radius 3 is 2.56 bits per heavy atom. The minimum atomic E-state index is -0.0583. The largest absolute Gasteiger partial charge is 0.345 e. The van der Waals surface area contributed by atoms with Crippen molar-refractivity contribution in [1.29, 1.82) is 0 Å². The number of aryl methyl sites for hydroxylation is 2. The molecule has 2 aliphatic rings. The van der Waals surface area contributed by atoms with Gasteiger partial charge in [-0.2, -0.15) is 5.10 Å². The zero-order chi connectivity index (χ0) is 18.8. The third-order valence-electron chi connectivity index (χ3n) is 5.49. The lowest BCUT2D eigenvalue weighted by Gasteiger charge is -2.36. The van der Waals surface area contributed by atoms with Crippen molar-refractivity contribution in [2.24, 2.45) is 5.92 Å². The summed E-state index contributed by atoms with van der Waals surface area (Å²) in [6.45, 7) is 5.91. The number of piperazine rings is 1. The van der Waals surface area contributed by atoms with Crippen LogP contribution in [0.2, 0.25) is 0 Å². The van der Waals surface area contributed by atoms with E-state index in [4.69, 9.17) is 0 Å². The van der Waals surface area contributed by atoms with Gasteiger partial charge in [-0.25, -0.2) is 19.4 Å². The van der Waals surface area contributed by atoms with Crippen LogP contribution in [0.4, 0.5) is 5.95 Å². The molecule has 0 aromatic carbocycles. The minimum absolute atomic E-state index is 0.0410. The molecule has 2 aliphatic heterocycles. The van der Waals surface area contributed by atoms with Crippen LogP contribution in [0.1, 0.15) is 25.6 Å². The fourth-order valence-electron chi connectivity index (χ4n) is 3.92. The molecule has 0 radical (unpaired) electrons. The van der Waals surface area contributed by atoms with Crippen LogP contribution in [0, 0.1) is 5.92 Å². The van der Waals surface area contributed by atoms with Gasteiger partial charge in [-0.3, -0.25) is 9.36 Å². The van der Waals surface area contributed by atoms with Crippen molar-refractivity contribution in [3.8, 4) is 0 Å². The van der Waals surface area contributed by atoms with E-state index in [-0.39, 0.29) is 17.5 Å². The number of hydrogen-bond donors (Lipinski definition) is 0. The Bertz CT molecular complexity index is 852. The molecule has 0 aliphatic carbocycles. The van der Waals surface area contributed by atoms with E-state index in [0.717, 1.165) is 31.3 Å². The van der Waals surface area contributed by atoms with E-state index < -0.39 is 0 Å². The minimum Gasteiger partial charge on any atom is -0.339 e. The molecule has 27 heavy (non-hydrogen) atoms. The molecule has 2 aromatic rings. The maximum Gasteiger partial charge on any atom is 0.345 e. The number of rotatable bonds is 3. The highest BCUT2D eigenvalue weighted by molar-refractivity contribution is 5.79. The van der Waals surface area contributed by atoms with E-state index in [1.54, 1.807) is 23.0 Å². The fraction of sp³-hybridized carbons (Fsp3) is 0.611. The lowest BCUT2D eigenvalue weighted by Crippen LogP contribution is -2.51. The molecule has 0 saturated carbocycles. The molecular weight excluding hydrogens is 346 g/mol. The Hall–Kier alpha value is -2.71. The molecule has 1 saturated heterocycles. The van der Waals surface area contributed by atoms with Crippen molar-refractivity contribution in [1.82, 2.24) is 29.2 Å². The average molecular weight is 371 g/mol. The van der Waals surface area contributed by atoms with Gasteiger partial charge >= 0.3 is 5.69 Å².